The first-order chi connectivity index (χ1) is 6.74. The summed E-state index contributed by atoms with van der Waals surface area (Å²) >= 11 is 5.74. The van der Waals surface area contributed by atoms with Crippen molar-refractivity contribution < 1.29 is 14.3 Å². The molecule has 0 amide bonds. The number of ether oxygens (including phenoxy) is 2. The molecule has 82 valence electrons. The summed E-state index contributed by atoms with van der Waals surface area (Å²) < 4.78 is 9.89. The number of halogens is 1. The summed E-state index contributed by atoms with van der Waals surface area (Å²) in [6, 6.07) is 0. The van der Waals surface area contributed by atoms with Crippen molar-refractivity contribution in [1.82, 2.24) is 5.32 Å². The van der Waals surface area contributed by atoms with Crippen molar-refractivity contribution in [2.75, 3.05) is 26.8 Å². The second kappa shape index (κ2) is 6.22. The Kier molecular flexibility index (Phi) is 5.22. The second-order valence-corrected chi connectivity index (χ2v) is 3.81. The van der Waals surface area contributed by atoms with Crippen LogP contribution in [0.2, 0.25) is 0 Å². The standard InChI is InChI=1S/C9H16ClNO3/c1-13-9(12)8(10)6-11-5-7-3-2-4-14-7/h7-8,11H,2-6H2,1H3. The Morgan fingerprint density at radius 3 is 3.14 bits per heavy atom. The average molecular weight is 222 g/mol. The molecule has 1 heterocycles. The minimum atomic E-state index is -0.610. The lowest BCUT2D eigenvalue weighted by atomic mass is 10.2. The van der Waals surface area contributed by atoms with Gasteiger partial charge in [0, 0.05) is 19.7 Å². The van der Waals surface area contributed by atoms with Crippen molar-refractivity contribution in [2.45, 2.75) is 24.3 Å². The summed E-state index contributed by atoms with van der Waals surface area (Å²) in [7, 11) is 1.33. The second-order valence-electron chi connectivity index (χ2n) is 3.28. The molecule has 1 aliphatic heterocycles. The zero-order valence-corrected chi connectivity index (χ0v) is 9.05. The number of hydrogen-bond acceptors (Lipinski definition) is 4. The van der Waals surface area contributed by atoms with Gasteiger partial charge in [-0.05, 0) is 12.8 Å². The first-order valence-electron chi connectivity index (χ1n) is 4.78. The van der Waals surface area contributed by atoms with E-state index >= 15 is 0 Å². The van der Waals surface area contributed by atoms with Crippen molar-refractivity contribution in [3.05, 3.63) is 0 Å². The topological polar surface area (TPSA) is 47.6 Å². The van der Waals surface area contributed by atoms with Gasteiger partial charge in [0.1, 0.15) is 5.38 Å². The molecule has 0 saturated carbocycles. The van der Waals surface area contributed by atoms with E-state index in [1.807, 2.05) is 0 Å². The highest BCUT2D eigenvalue weighted by atomic mass is 35.5. The van der Waals surface area contributed by atoms with Gasteiger partial charge in [-0.25, -0.2) is 0 Å². The molecule has 0 radical (unpaired) electrons. The zero-order valence-electron chi connectivity index (χ0n) is 8.29. The number of alkyl halides is 1. The van der Waals surface area contributed by atoms with Crippen LogP contribution in [-0.2, 0) is 14.3 Å². The third-order valence-corrected chi connectivity index (χ3v) is 2.51. The number of nitrogens with one attached hydrogen (secondary N) is 1. The van der Waals surface area contributed by atoms with Gasteiger partial charge in [-0.3, -0.25) is 4.79 Å². The van der Waals surface area contributed by atoms with Crippen LogP contribution in [-0.4, -0.2) is 44.3 Å². The summed E-state index contributed by atoms with van der Waals surface area (Å²) in [5, 5.41) is 2.47. The van der Waals surface area contributed by atoms with Crippen molar-refractivity contribution in [3.63, 3.8) is 0 Å². The molecule has 1 saturated heterocycles. The van der Waals surface area contributed by atoms with Crippen LogP contribution in [0.3, 0.4) is 0 Å². The van der Waals surface area contributed by atoms with E-state index in [1.54, 1.807) is 0 Å². The smallest absolute Gasteiger partial charge is 0.325 e. The van der Waals surface area contributed by atoms with Gasteiger partial charge < -0.3 is 14.8 Å². The fraction of sp³-hybridized carbons (Fsp3) is 0.889. The van der Waals surface area contributed by atoms with Crippen LogP contribution in [0.25, 0.3) is 0 Å². The van der Waals surface area contributed by atoms with Gasteiger partial charge in [0.15, 0.2) is 0 Å². The largest absolute Gasteiger partial charge is 0.468 e. The van der Waals surface area contributed by atoms with Gasteiger partial charge in [0.2, 0.25) is 0 Å². The molecule has 1 fully saturated rings. The van der Waals surface area contributed by atoms with Gasteiger partial charge in [-0.15, -0.1) is 11.6 Å². The number of methoxy groups -OCH3 is 1. The van der Waals surface area contributed by atoms with Crippen LogP contribution in [0, 0.1) is 0 Å². The van der Waals surface area contributed by atoms with Gasteiger partial charge in [-0.2, -0.15) is 0 Å². The summed E-state index contributed by atoms with van der Waals surface area (Å²) in [5.74, 6) is -0.397. The Labute approximate surface area is 88.9 Å². The predicted octanol–water partition coefficient (Wildman–Crippen LogP) is 0.535. The monoisotopic (exact) mass is 221 g/mol. The highest BCUT2D eigenvalue weighted by Gasteiger charge is 2.18. The predicted molar refractivity (Wildman–Crippen MR) is 53.5 cm³/mol. The van der Waals surface area contributed by atoms with Crippen molar-refractivity contribution in [3.8, 4) is 0 Å². The van der Waals surface area contributed by atoms with E-state index < -0.39 is 11.3 Å². The fourth-order valence-corrected chi connectivity index (χ4v) is 1.59. The van der Waals surface area contributed by atoms with Crippen LogP contribution in [0.5, 0.6) is 0 Å². The van der Waals surface area contributed by atoms with Crippen molar-refractivity contribution in [1.29, 1.82) is 0 Å². The minimum Gasteiger partial charge on any atom is -0.468 e. The Balaban J connectivity index is 2.05. The number of rotatable bonds is 5. The maximum Gasteiger partial charge on any atom is 0.325 e. The molecule has 14 heavy (non-hydrogen) atoms. The van der Waals surface area contributed by atoms with Gasteiger partial charge in [-0.1, -0.05) is 0 Å². The molecular formula is C9H16ClNO3. The van der Waals surface area contributed by atoms with E-state index in [-0.39, 0.29) is 6.10 Å². The third kappa shape index (κ3) is 3.82. The summed E-state index contributed by atoms with van der Waals surface area (Å²) in [4.78, 5) is 10.9. The normalized spacial score (nSPS) is 23.4. The molecule has 4 nitrogen and oxygen atoms in total. The Bertz CT molecular complexity index is 183. The molecular weight excluding hydrogens is 206 g/mol. The molecule has 0 aromatic rings. The molecule has 1 rings (SSSR count). The summed E-state index contributed by atoms with van der Waals surface area (Å²) in [6.45, 7) is 2.02. The third-order valence-electron chi connectivity index (χ3n) is 2.18. The Hall–Kier alpha value is -0.320. The van der Waals surface area contributed by atoms with E-state index in [9.17, 15) is 4.79 Å². The van der Waals surface area contributed by atoms with Gasteiger partial charge in [0.25, 0.3) is 0 Å². The SMILES string of the molecule is COC(=O)C(Cl)CNCC1CCCO1. The maximum absolute atomic E-state index is 10.9. The molecule has 5 heteroatoms. The van der Waals surface area contributed by atoms with Crippen LogP contribution in [0.1, 0.15) is 12.8 Å². The van der Waals surface area contributed by atoms with Crippen molar-refractivity contribution >= 4 is 17.6 Å². The van der Waals surface area contributed by atoms with Crippen LogP contribution in [0.15, 0.2) is 0 Å². The minimum absolute atomic E-state index is 0.275. The van der Waals surface area contributed by atoms with E-state index in [1.165, 1.54) is 7.11 Å². The molecule has 0 aliphatic carbocycles. The average Bonchev–Trinajstić information content (AvgIpc) is 2.69. The zero-order chi connectivity index (χ0) is 10.4. The highest BCUT2D eigenvalue weighted by molar-refractivity contribution is 6.30. The molecule has 1 aliphatic rings. The van der Waals surface area contributed by atoms with E-state index in [0.717, 1.165) is 26.0 Å². The number of carbonyl (C=O) groups is 1. The van der Waals surface area contributed by atoms with Crippen LogP contribution < -0.4 is 5.32 Å². The lowest BCUT2D eigenvalue weighted by Crippen LogP contribution is -2.34. The first kappa shape index (κ1) is 11.8. The molecule has 2 unspecified atom stereocenters. The van der Waals surface area contributed by atoms with E-state index in [4.69, 9.17) is 16.3 Å². The highest BCUT2D eigenvalue weighted by Crippen LogP contribution is 2.10. The number of esters is 1. The first-order valence-corrected chi connectivity index (χ1v) is 5.22. The quantitative estimate of drug-likeness (QED) is 0.544. The molecule has 0 bridgehead atoms. The fourth-order valence-electron chi connectivity index (χ4n) is 1.39. The maximum atomic E-state index is 10.9. The lowest BCUT2D eigenvalue weighted by molar-refractivity contribution is -0.140. The van der Waals surface area contributed by atoms with Crippen LogP contribution >= 0.6 is 11.6 Å². The molecule has 0 spiro atoms. The van der Waals surface area contributed by atoms with Crippen LogP contribution in [0.4, 0.5) is 0 Å². The van der Waals surface area contributed by atoms with E-state index in [0.29, 0.717) is 6.54 Å². The van der Waals surface area contributed by atoms with Gasteiger partial charge in [0.05, 0.1) is 13.2 Å². The molecule has 0 aromatic carbocycles. The van der Waals surface area contributed by atoms with E-state index in [2.05, 4.69) is 10.1 Å². The van der Waals surface area contributed by atoms with Gasteiger partial charge >= 0.3 is 5.97 Å². The Morgan fingerprint density at radius 2 is 2.57 bits per heavy atom. The lowest BCUT2D eigenvalue weighted by Gasteiger charge is -2.12. The summed E-state index contributed by atoms with van der Waals surface area (Å²) in [5.41, 5.74) is 0. The molecule has 1 N–H and O–H groups in total. The summed E-state index contributed by atoms with van der Waals surface area (Å²) in [6.07, 6.45) is 2.47. The number of carbonyl (C=O) groups excluding carboxylic acids is 1. The molecule has 2 atom stereocenters. The Morgan fingerprint density at radius 1 is 1.79 bits per heavy atom. The van der Waals surface area contributed by atoms with Crippen molar-refractivity contribution in [2.24, 2.45) is 0 Å². The number of hydrogen-bond donors (Lipinski definition) is 1. The molecule has 0 aromatic heterocycles.